The number of primary sulfonamides is 1. The van der Waals surface area contributed by atoms with Crippen molar-refractivity contribution in [2.24, 2.45) is 5.14 Å². The third-order valence-corrected chi connectivity index (χ3v) is 4.66. The van der Waals surface area contributed by atoms with Gasteiger partial charge in [0.05, 0.1) is 0 Å². The molecule has 1 saturated heterocycles. The molecule has 2 N–H and O–H groups in total. The Morgan fingerprint density at radius 3 is 2.14 bits per heavy atom. The Bertz CT molecular complexity index is 290. The van der Waals surface area contributed by atoms with E-state index in [2.05, 4.69) is 4.90 Å². The van der Waals surface area contributed by atoms with Crippen LogP contribution in [0, 0.1) is 0 Å². The minimum absolute atomic E-state index is 0.301. The van der Waals surface area contributed by atoms with Crippen molar-refractivity contribution in [3.05, 3.63) is 0 Å². The lowest BCUT2D eigenvalue weighted by molar-refractivity contribution is 0.0944. The molecule has 1 heterocycles. The zero-order valence-corrected chi connectivity index (χ0v) is 9.17. The van der Waals surface area contributed by atoms with Crippen LogP contribution in [0.4, 0.5) is 0 Å². The molecule has 14 heavy (non-hydrogen) atoms. The molecule has 0 atom stereocenters. The first-order valence-electron chi connectivity index (χ1n) is 5.33. The van der Waals surface area contributed by atoms with E-state index in [0.29, 0.717) is 19.1 Å². The monoisotopic (exact) mass is 218 g/mol. The normalized spacial score (nSPS) is 27.5. The van der Waals surface area contributed by atoms with Gasteiger partial charge >= 0.3 is 0 Å². The van der Waals surface area contributed by atoms with Crippen LogP contribution in [0.15, 0.2) is 0 Å². The summed E-state index contributed by atoms with van der Waals surface area (Å²) in [4.78, 5) is 2.27. The van der Waals surface area contributed by atoms with E-state index in [1.54, 1.807) is 0 Å². The van der Waals surface area contributed by atoms with Gasteiger partial charge in [-0.2, -0.15) is 0 Å². The summed E-state index contributed by atoms with van der Waals surface area (Å²) in [6.07, 6.45) is 6.39. The summed E-state index contributed by atoms with van der Waals surface area (Å²) >= 11 is 0. The van der Waals surface area contributed by atoms with Crippen LogP contribution in [0.25, 0.3) is 0 Å². The Hall–Kier alpha value is -0.130. The van der Waals surface area contributed by atoms with Crippen LogP contribution in [0.3, 0.4) is 0 Å². The van der Waals surface area contributed by atoms with Gasteiger partial charge in [-0.1, -0.05) is 19.3 Å². The number of rotatable bonds is 2. The highest BCUT2D eigenvalue weighted by molar-refractivity contribution is 7.89. The van der Waals surface area contributed by atoms with Gasteiger partial charge in [0.15, 0.2) is 0 Å². The summed E-state index contributed by atoms with van der Waals surface area (Å²) in [6, 6.07) is 0.627. The fraction of sp³-hybridized carbons (Fsp3) is 1.00. The summed E-state index contributed by atoms with van der Waals surface area (Å²) < 4.78 is 22.0. The van der Waals surface area contributed by atoms with Crippen molar-refractivity contribution >= 4 is 10.0 Å². The van der Waals surface area contributed by atoms with Crippen molar-refractivity contribution in [2.45, 2.75) is 43.4 Å². The van der Waals surface area contributed by atoms with Crippen molar-refractivity contribution in [3.63, 3.8) is 0 Å². The van der Waals surface area contributed by atoms with Gasteiger partial charge in [0.25, 0.3) is 0 Å². The lowest BCUT2D eigenvalue weighted by atomic mass is 9.92. The fourth-order valence-corrected chi connectivity index (χ4v) is 3.22. The predicted octanol–water partition coefficient (Wildman–Crippen LogP) is 0.292. The molecule has 2 aliphatic rings. The number of nitrogens with zero attached hydrogens (tertiary/aromatic N) is 1. The SMILES string of the molecule is NS(=O)(=O)C1CN(C2CCCCC2)C1. The molecular weight excluding hydrogens is 200 g/mol. The van der Waals surface area contributed by atoms with E-state index in [-0.39, 0.29) is 5.25 Å². The zero-order chi connectivity index (χ0) is 10.2. The second kappa shape index (κ2) is 3.79. The second-order valence-electron chi connectivity index (χ2n) is 4.46. The van der Waals surface area contributed by atoms with E-state index in [1.807, 2.05) is 0 Å². The molecule has 0 bridgehead atoms. The number of sulfonamides is 1. The first-order chi connectivity index (χ1) is 6.57. The van der Waals surface area contributed by atoms with Crippen molar-refractivity contribution in [1.29, 1.82) is 0 Å². The minimum Gasteiger partial charge on any atom is -0.298 e. The van der Waals surface area contributed by atoms with E-state index in [9.17, 15) is 8.42 Å². The number of hydrogen-bond acceptors (Lipinski definition) is 3. The Morgan fingerprint density at radius 1 is 1.07 bits per heavy atom. The lowest BCUT2D eigenvalue weighted by Gasteiger charge is -2.44. The molecule has 82 valence electrons. The van der Waals surface area contributed by atoms with Gasteiger partial charge in [-0.05, 0) is 12.8 Å². The van der Waals surface area contributed by atoms with Gasteiger partial charge in [0.2, 0.25) is 10.0 Å². The lowest BCUT2D eigenvalue weighted by Crippen LogP contribution is -2.60. The quantitative estimate of drug-likeness (QED) is 0.724. The maximum absolute atomic E-state index is 11.0. The molecule has 5 heteroatoms. The van der Waals surface area contributed by atoms with Crippen LogP contribution in [-0.2, 0) is 10.0 Å². The van der Waals surface area contributed by atoms with Crippen molar-refractivity contribution in [3.8, 4) is 0 Å². The zero-order valence-electron chi connectivity index (χ0n) is 8.35. The molecule has 4 nitrogen and oxygen atoms in total. The largest absolute Gasteiger partial charge is 0.298 e. The molecule has 0 aromatic carbocycles. The highest BCUT2D eigenvalue weighted by Crippen LogP contribution is 2.27. The Labute approximate surface area is 85.5 Å². The first kappa shape index (κ1) is 10.4. The molecule has 0 spiro atoms. The van der Waals surface area contributed by atoms with E-state index >= 15 is 0 Å². The smallest absolute Gasteiger partial charge is 0.214 e. The maximum Gasteiger partial charge on any atom is 0.214 e. The van der Waals surface area contributed by atoms with Gasteiger partial charge in [-0.25, -0.2) is 13.6 Å². The van der Waals surface area contributed by atoms with Crippen LogP contribution in [0.2, 0.25) is 0 Å². The van der Waals surface area contributed by atoms with Crippen molar-refractivity contribution < 1.29 is 8.42 Å². The third kappa shape index (κ3) is 2.10. The number of hydrogen-bond donors (Lipinski definition) is 1. The van der Waals surface area contributed by atoms with Crippen LogP contribution < -0.4 is 5.14 Å². The first-order valence-corrected chi connectivity index (χ1v) is 6.94. The molecular formula is C9H18N2O2S. The number of likely N-dealkylation sites (tertiary alicyclic amines) is 1. The third-order valence-electron chi connectivity index (χ3n) is 3.43. The summed E-state index contributed by atoms with van der Waals surface area (Å²) in [6.45, 7) is 1.31. The highest BCUT2D eigenvalue weighted by atomic mass is 32.2. The average molecular weight is 218 g/mol. The standard InChI is InChI=1S/C9H18N2O2S/c10-14(12,13)9-6-11(7-9)8-4-2-1-3-5-8/h8-9H,1-7H2,(H2,10,12,13). The maximum atomic E-state index is 11.0. The minimum atomic E-state index is -3.28. The van der Waals surface area contributed by atoms with Crippen molar-refractivity contribution in [2.75, 3.05) is 13.1 Å². The Balaban J connectivity index is 1.82. The Kier molecular flexibility index (Phi) is 2.81. The van der Waals surface area contributed by atoms with Gasteiger partial charge in [-0.15, -0.1) is 0 Å². The van der Waals surface area contributed by atoms with E-state index in [0.717, 1.165) is 0 Å². The van der Waals surface area contributed by atoms with E-state index in [1.165, 1.54) is 32.1 Å². The molecule has 1 saturated carbocycles. The summed E-state index contributed by atoms with van der Waals surface area (Å²) in [5.41, 5.74) is 0. The molecule has 2 rings (SSSR count). The van der Waals surface area contributed by atoms with Crippen LogP contribution in [0.5, 0.6) is 0 Å². The molecule has 1 aliphatic carbocycles. The molecule has 0 radical (unpaired) electrons. The van der Waals surface area contributed by atoms with Gasteiger partial charge in [0, 0.05) is 19.1 Å². The Morgan fingerprint density at radius 2 is 1.64 bits per heavy atom. The fourth-order valence-electron chi connectivity index (χ4n) is 2.42. The molecule has 1 aliphatic heterocycles. The summed E-state index contributed by atoms with van der Waals surface area (Å²) in [7, 11) is -3.28. The molecule has 0 aromatic rings. The average Bonchev–Trinajstić information content (AvgIpc) is 2.00. The number of nitrogens with two attached hydrogens (primary N) is 1. The van der Waals surface area contributed by atoms with E-state index < -0.39 is 10.0 Å². The van der Waals surface area contributed by atoms with Crippen molar-refractivity contribution in [1.82, 2.24) is 4.90 Å². The van der Waals surface area contributed by atoms with Crippen LogP contribution in [0.1, 0.15) is 32.1 Å². The second-order valence-corrected chi connectivity index (χ2v) is 6.30. The summed E-state index contributed by atoms with van der Waals surface area (Å²) in [5.74, 6) is 0. The molecule has 2 fully saturated rings. The van der Waals surface area contributed by atoms with Gasteiger partial charge in [-0.3, -0.25) is 4.90 Å². The predicted molar refractivity (Wildman–Crippen MR) is 55.3 cm³/mol. The molecule has 0 amide bonds. The van der Waals surface area contributed by atoms with Crippen LogP contribution >= 0.6 is 0 Å². The van der Waals surface area contributed by atoms with E-state index in [4.69, 9.17) is 5.14 Å². The van der Waals surface area contributed by atoms with Crippen LogP contribution in [-0.4, -0.2) is 37.7 Å². The molecule has 0 aromatic heterocycles. The molecule has 0 unspecified atom stereocenters. The van der Waals surface area contributed by atoms with Gasteiger partial charge in [0.1, 0.15) is 5.25 Å². The topological polar surface area (TPSA) is 63.4 Å². The summed E-state index contributed by atoms with van der Waals surface area (Å²) in [5, 5.41) is 4.78. The highest BCUT2D eigenvalue weighted by Gasteiger charge is 2.38. The van der Waals surface area contributed by atoms with Gasteiger partial charge < -0.3 is 0 Å².